The summed E-state index contributed by atoms with van der Waals surface area (Å²) in [6.07, 6.45) is -4.57. The van der Waals surface area contributed by atoms with E-state index in [1.165, 1.54) is 18.2 Å². The molecule has 0 spiro atoms. The van der Waals surface area contributed by atoms with Crippen molar-refractivity contribution in [2.24, 2.45) is 5.92 Å². The van der Waals surface area contributed by atoms with Crippen LogP contribution in [0.3, 0.4) is 0 Å². The molecule has 5 nitrogen and oxygen atoms in total. The van der Waals surface area contributed by atoms with Crippen molar-refractivity contribution in [2.45, 2.75) is 30.8 Å². The lowest BCUT2D eigenvalue weighted by Crippen LogP contribution is -2.42. The fraction of sp³-hybridized carbons (Fsp3) is 0.350. The van der Waals surface area contributed by atoms with Crippen molar-refractivity contribution in [1.82, 2.24) is 4.31 Å². The fourth-order valence-corrected chi connectivity index (χ4v) is 5.06. The Bertz CT molecular complexity index is 1050. The summed E-state index contributed by atoms with van der Waals surface area (Å²) in [4.78, 5) is 11.6. The molecule has 0 saturated carbocycles. The van der Waals surface area contributed by atoms with E-state index in [1.54, 1.807) is 13.0 Å². The van der Waals surface area contributed by atoms with Gasteiger partial charge in [0.15, 0.2) is 0 Å². The summed E-state index contributed by atoms with van der Waals surface area (Å²) in [5.41, 5.74) is -0.498. The van der Waals surface area contributed by atoms with Crippen LogP contribution < -0.4 is 5.32 Å². The zero-order valence-corrected chi connectivity index (χ0v) is 16.9. The van der Waals surface area contributed by atoms with Crippen LogP contribution in [0.25, 0.3) is 0 Å². The Hall–Kier alpha value is -2.46. The number of carbonyl (C=O) groups is 1. The number of sulfonamides is 1. The lowest BCUT2D eigenvalue weighted by atomic mass is 9.97. The molecule has 1 aliphatic heterocycles. The minimum absolute atomic E-state index is 0.0276. The number of amides is 1. The molecule has 2 aromatic carbocycles. The van der Waals surface area contributed by atoms with Crippen molar-refractivity contribution in [3.63, 3.8) is 0 Å². The number of benzene rings is 2. The number of hydrogen-bond acceptors (Lipinski definition) is 3. The van der Waals surface area contributed by atoms with Gasteiger partial charge in [-0.05, 0) is 49.6 Å². The number of alkyl halides is 3. The third-order valence-electron chi connectivity index (χ3n) is 5.02. The zero-order valence-electron chi connectivity index (χ0n) is 16.0. The Balaban J connectivity index is 1.70. The molecule has 1 N–H and O–H groups in total. The van der Waals surface area contributed by atoms with Crippen molar-refractivity contribution in [1.29, 1.82) is 0 Å². The average molecular weight is 444 g/mol. The molecule has 2 aromatic rings. The highest BCUT2D eigenvalue weighted by Crippen LogP contribution is 2.36. The van der Waals surface area contributed by atoms with Gasteiger partial charge in [0, 0.05) is 19.0 Å². The van der Waals surface area contributed by atoms with Gasteiger partial charge in [0.2, 0.25) is 15.9 Å². The van der Waals surface area contributed by atoms with Gasteiger partial charge >= 0.3 is 6.18 Å². The van der Waals surface area contributed by atoms with Crippen molar-refractivity contribution in [3.8, 4) is 0 Å². The minimum atomic E-state index is -4.81. The first kappa shape index (κ1) is 22.2. The van der Waals surface area contributed by atoms with E-state index in [-0.39, 0.29) is 31.6 Å². The number of halogens is 4. The predicted molar refractivity (Wildman–Crippen MR) is 103 cm³/mol. The molecule has 1 amide bonds. The van der Waals surface area contributed by atoms with Gasteiger partial charge in [-0.15, -0.1) is 0 Å². The van der Waals surface area contributed by atoms with Crippen LogP contribution in [0.1, 0.15) is 24.0 Å². The Morgan fingerprint density at radius 3 is 2.33 bits per heavy atom. The van der Waals surface area contributed by atoms with Crippen molar-refractivity contribution < 1.29 is 30.8 Å². The summed E-state index contributed by atoms with van der Waals surface area (Å²) in [7, 11) is -4.37. The number of rotatable bonds is 4. The quantitative estimate of drug-likeness (QED) is 0.719. The second-order valence-electron chi connectivity index (χ2n) is 7.14. The number of anilines is 1. The van der Waals surface area contributed by atoms with Crippen LogP contribution in [0.15, 0.2) is 47.4 Å². The largest absolute Gasteiger partial charge is 0.417 e. The van der Waals surface area contributed by atoms with E-state index in [9.17, 15) is 30.8 Å². The standard InChI is InChI=1S/C20H20F4N2O3S/c1-13-6-7-17(16(21)12-13)25-19(27)14-8-10-26(11-9-14)30(28,29)18-5-3-2-4-15(18)20(22,23)24/h2-7,12,14H,8-11H2,1H3,(H,25,27). The summed E-state index contributed by atoms with van der Waals surface area (Å²) in [6.45, 7) is 1.49. The van der Waals surface area contributed by atoms with E-state index in [1.807, 2.05) is 0 Å². The van der Waals surface area contributed by atoms with Crippen molar-refractivity contribution in [3.05, 3.63) is 59.4 Å². The maximum absolute atomic E-state index is 13.9. The van der Waals surface area contributed by atoms with Crippen molar-refractivity contribution >= 4 is 21.6 Å². The van der Waals surface area contributed by atoms with Crippen LogP contribution in [0.5, 0.6) is 0 Å². The van der Waals surface area contributed by atoms with E-state index in [0.29, 0.717) is 5.56 Å². The minimum Gasteiger partial charge on any atom is -0.323 e. The molecule has 10 heteroatoms. The lowest BCUT2D eigenvalue weighted by Gasteiger charge is -2.31. The van der Waals surface area contributed by atoms with Crippen LogP contribution in [-0.4, -0.2) is 31.7 Å². The third kappa shape index (κ3) is 4.65. The molecular weight excluding hydrogens is 424 g/mol. The van der Waals surface area contributed by atoms with E-state index in [4.69, 9.17) is 0 Å². The molecule has 1 heterocycles. The summed E-state index contributed by atoms with van der Waals surface area (Å²) in [5.74, 6) is -1.60. The number of piperidine rings is 1. The first-order valence-electron chi connectivity index (χ1n) is 9.23. The van der Waals surface area contributed by atoms with E-state index >= 15 is 0 Å². The van der Waals surface area contributed by atoms with Gasteiger partial charge in [-0.2, -0.15) is 17.5 Å². The van der Waals surface area contributed by atoms with Crippen LogP contribution >= 0.6 is 0 Å². The van der Waals surface area contributed by atoms with Gasteiger partial charge in [0.05, 0.1) is 16.1 Å². The van der Waals surface area contributed by atoms with E-state index < -0.39 is 44.3 Å². The predicted octanol–water partition coefficient (Wildman–Crippen LogP) is 4.19. The number of hydrogen-bond donors (Lipinski definition) is 1. The average Bonchev–Trinajstić information content (AvgIpc) is 2.69. The number of nitrogens with zero attached hydrogens (tertiary/aromatic N) is 1. The molecule has 3 rings (SSSR count). The maximum atomic E-state index is 13.9. The smallest absolute Gasteiger partial charge is 0.323 e. The van der Waals surface area contributed by atoms with Gasteiger partial charge in [-0.1, -0.05) is 18.2 Å². The molecule has 0 unspecified atom stereocenters. The molecule has 1 aliphatic rings. The Labute approximate surface area is 171 Å². The van der Waals surface area contributed by atoms with E-state index in [2.05, 4.69) is 5.32 Å². The topological polar surface area (TPSA) is 66.5 Å². The van der Waals surface area contributed by atoms with Gasteiger partial charge in [0.25, 0.3) is 0 Å². The van der Waals surface area contributed by atoms with Crippen molar-refractivity contribution in [2.75, 3.05) is 18.4 Å². The van der Waals surface area contributed by atoms with Gasteiger partial charge in [0.1, 0.15) is 5.82 Å². The monoisotopic (exact) mass is 444 g/mol. The van der Waals surface area contributed by atoms with Gasteiger partial charge in [-0.3, -0.25) is 4.79 Å². The second kappa shape index (κ2) is 8.35. The lowest BCUT2D eigenvalue weighted by molar-refractivity contribution is -0.139. The molecule has 1 fully saturated rings. The highest BCUT2D eigenvalue weighted by molar-refractivity contribution is 7.89. The Morgan fingerprint density at radius 2 is 1.73 bits per heavy atom. The van der Waals surface area contributed by atoms with E-state index in [0.717, 1.165) is 22.5 Å². The first-order chi connectivity index (χ1) is 14.0. The highest BCUT2D eigenvalue weighted by Gasteiger charge is 2.40. The molecular formula is C20H20F4N2O3S. The van der Waals surface area contributed by atoms with Crippen LogP contribution in [0, 0.1) is 18.7 Å². The SMILES string of the molecule is Cc1ccc(NC(=O)C2CCN(S(=O)(=O)c3ccccc3C(F)(F)F)CC2)c(F)c1. The zero-order chi connectivity index (χ0) is 22.1. The summed E-state index contributed by atoms with van der Waals surface area (Å²) in [5, 5.41) is 2.49. The van der Waals surface area contributed by atoms with Gasteiger partial charge < -0.3 is 5.32 Å². The maximum Gasteiger partial charge on any atom is 0.417 e. The van der Waals surface area contributed by atoms with Crippen LogP contribution in [0.2, 0.25) is 0 Å². The Morgan fingerprint density at radius 1 is 1.10 bits per heavy atom. The molecule has 162 valence electrons. The number of aryl methyl sites for hydroxylation is 1. The molecule has 30 heavy (non-hydrogen) atoms. The number of nitrogens with one attached hydrogen (secondary N) is 1. The number of carbonyl (C=O) groups excluding carboxylic acids is 1. The first-order valence-corrected chi connectivity index (χ1v) is 10.7. The molecule has 0 bridgehead atoms. The molecule has 1 saturated heterocycles. The van der Waals surface area contributed by atoms with Crippen LogP contribution in [-0.2, 0) is 21.0 Å². The normalized spacial score (nSPS) is 16.4. The Kier molecular flexibility index (Phi) is 6.19. The summed E-state index contributed by atoms with van der Waals surface area (Å²) < 4.78 is 80.1. The summed E-state index contributed by atoms with van der Waals surface area (Å²) in [6, 6.07) is 8.38. The molecule has 0 aliphatic carbocycles. The van der Waals surface area contributed by atoms with Crippen LogP contribution in [0.4, 0.5) is 23.2 Å². The second-order valence-corrected chi connectivity index (χ2v) is 9.05. The highest BCUT2D eigenvalue weighted by atomic mass is 32.2. The third-order valence-corrected chi connectivity index (χ3v) is 6.97. The fourth-order valence-electron chi connectivity index (χ4n) is 3.38. The summed E-state index contributed by atoms with van der Waals surface area (Å²) >= 11 is 0. The van der Waals surface area contributed by atoms with Gasteiger partial charge in [-0.25, -0.2) is 12.8 Å². The molecule has 0 radical (unpaired) electrons. The molecule has 0 atom stereocenters. The molecule has 0 aromatic heterocycles.